The van der Waals surface area contributed by atoms with Crippen LogP contribution in [0, 0.1) is 5.92 Å². The summed E-state index contributed by atoms with van der Waals surface area (Å²) in [4.78, 5) is 2.52. The molecule has 2 aliphatic rings. The molecule has 0 spiro atoms. The second-order valence-corrected chi connectivity index (χ2v) is 5.78. The zero-order chi connectivity index (χ0) is 12.8. The molecule has 0 amide bonds. The molecule has 0 aromatic heterocycles. The number of nitrogens with zero attached hydrogens (tertiary/aromatic N) is 1. The largest absolute Gasteiger partial charge is 0.350 e. The van der Waals surface area contributed by atoms with Gasteiger partial charge in [0.15, 0.2) is 6.29 Å². The lowest BCUT2D eigenvalue weighted by molar-refractivity contribution is -0.102. The fourth-order valence-electron chi connectivity index (χ4n) is 3.07. The number of hydrogen-bond acceptors (Lipinski definition) is 3. The van der Waals surface area contributed by atoms with Crippen molar-refractivity contribution < 1.29 is 9.47 Å². The van der Waals surface area contributed by atoms with Crippen molar-refractivity contribution in [1.82, 2.24) is 4.90 Å². The summed E-state index contributed by atoms with van der Waals surface area (Å²) in [5.41, 5.74) is 0. The zero-order valence-electron chi connectivity index (χ0n) is 12.1. The minimum atomic E-state index is 0.0640. The Morgan fingerprint density at radius 3 is 2.67 bits per heavy atom. The van der Waals surface area contributed by atoms with E-state index in [0.717, 1.165) is 13.2 Å². The maximum Gasteiger partial charge on any atom is 0.161 e. The van der Waals surface area contributed by atoms with E-state index in [4.69, 9.17) is 9.47 Å². The summed E-state index contributed by atoms with van der Waals surface area (Å²) in [5.74, 6) is 0.591. The first-order chi connectivity index (χ1) is 8.83. The number of rotatable bonds is 7. The maximum absolute atomic E-state index is 6.11. The summed E-state index contributed by atoms with van der Waals surface area (Å²) in [6.45, 7) is 8.86. The molecule has 0 aromatic rings. The summed E-state index contributed by atoms with van der Waals surface area (Å²) in [6.07, 6.45) is 8.04. The van der Waals surface area contributed by atoms with Crippen molar-refractivity contribution in [3.63, 3.8) is 0 Å². The lowest BCUT2D eigenvalue weighted by atomic mass is 9.99. The molecule has 3 nitrogen and oxygen atoms in total. The molecule has 2 rings (SSSR count). The molecule has 0 aromatic carbocycles. The SMILES string of the molecule is CCCC[C@H](CC)[C@H]1OC[C@@H](CN2CCCC2)O1. The molecule has 2 saturated heterocycles. The third-order valence-corrected chi connectivity index (χ3v) is 4.27. The third-order valence-electron chi connectivity index (χ3n) is 4.27. The molecule has 3 heteroatoms. The van der Waals surface area contributed by atoms with Crippen LogP contribution in [0.4, 0.5) is 0 Å². The first-order valence-corrected chi connectivity index (χ1v) is 7.83. The number of hydrogen-bond donors (Lipinski definition) is 0. The lowest BCUT2D eigenvalue weighted by Gasteiger charge is -2.22. The van der Waals surface area contributed by atoms with Crippen LogP contribution < -0.4 is 0 Å². The second-order valence-electron chi connectivity index (χ2n) is 5.78. The van der Waals surface area contributed by atoms with Crippen LogP contribution in [0.15, 0.2) is 0 Å². The van der Waals surface area contributed by atoms with Crippen LogP contribution in [0.25, 0.3) is 0 Å². The number of unbranched alkanes of at least 4 members (excludes halogenated alkanes) is 1. The van der Waals surface area contributed by atoms with Crippen LogP contribution in [0.5, 0.6) is 0 Å². The first-order valence-electron chi connectivity index (χ1n) is 7.83. The highest BCUT2D eigenvalue weighted by Gasteiger charge is 2.32. The van der Waals surface area contributed by atoms with E-state index in [-0.39, 0.29) is 6.29 Å². The van der Waals surface area contributed by atoms with Crippen molar-refractivity contribution in [3.8, 4) is 0 Å². The second kappa shape index (κ2) is 7.46. The monoisotopic (exact) mass is 255 g/mol. The Bertz CT molecular complexity index is 229. The van der Waals surface area contributed by atoms with Crippen molar-refractivity contribution in [3.05, 3.63) is 0 Å². The molecular weight excluding hydrogens is 226 g/mol. The predicted molar refractivity (Wildman–Crippen MR) is 73.6 cm³/mol. The van der Waals surface area contributed by atoms with Crippen molar-refractivity contribution in [1.29, 1.82) is 0 Å². The van der Waals surface area contributed by atoms with Gasteiger partial charge in [-0.25, -0.2) is 0 Å². The summed E-state index contributed by atoms with van der Waals surface area (Å²) in [6, 6.07) is 0. The molecule has 0 aliphatic carbocycles. The van der Waals surface area contributed by atoms with Gasteiger partial charge in [-0.15, -0.1) is 0 Å². The van der Waals surface area contributed by atoms with E-state index in [9.17, 15) is 0 Å². The Morgan fingerprint density at radius 1 is 1.22 bits per heavy atom. The van der Waals surface area contributed by atoms with E-state index in [0.29, 0.717) is 12.0 Å². The molecule has 0 unspecified atom stereocenters. The van der Waals surface area contributed by atoms with Crippen LogP contribution in [-0.2, 0) is 9.47 Å². The quantitative estimate of drug-likeness (QED) is 0.698. The maximum atomic E-state index is 6.11. The van der Waals surface area contributed by atoms with Crippen LogP contribution >= 0.6 is 0 Å². The Labute approximate surface area is 112 Å². The van der Waals surface area contributed by atoms with Gasteiger partial charge in [-0.3, -0.25) is 0 Å². The highest BCUT2D eigenvalue weighted by Crippen LogP contribution is 2.26. The van der Waals surface area contributed by atoms with Gasteiger partial charge in [-0.05, 0) is 38.8 Å². The fraction of sp³-hybridized carbons (Fsp3) is 1.00. The average molecular weight is 255 g/mol. The first kappa shape index (κ1) is 14.3. The molecule has 106 valence electrons. The molecule has 0 saturated carbocycles. The van der Waals surface area contributed by atoms with Crippen LogP contribution in [-0.4, -0.2) is 43.5 Å². The molecule has 3 atom stereocenters. The van der Waals surface area contributed by atoms with Gasteiger partial charge in [-0.2, -0.15) is 0 Å². The Morgan fingerprint density at radius 2 is 2.00 bits per heavy atom. The number of likely N-dealkylation sites (tertiary alicyclic amines) is 1. The molecule has 2 heterocycles. The van der Waals surface area contributed by atoms with Crippen LogP contribution in [0.3, 0.4) is 0 Å². The normalized spacial score (nSPS) is 31.0. The van der Waals surface area contributed by atoms with Gasteiger partial charge < -0.3 is 14.4 Å². The molecule has 0 N–H and O–H groups in total. The van der Waals surface area contributed by atoms with Gasteiger partial charge in [0, 0.05) is 12.5 Å². The van der Waals surface area contributed by atoms with E-state index in [2.05, 4.69) is 18.7 Å². The molecule has 18 heavy (non-hydrogen) atoms. The van der Waals surface area contributed by atoms with E-state index < -0.39 is 0 Å². The van der Waals surface area contributed by atoms with Gasteiger partial charge in [0.1, 0.15) is 0 Å². The zero-order valence-corrected chi connectivity index (χ0v) is 12.1. The fourth-order valence-corrected chi connectivity index (χ4v) is 3.07. The van der Waals surface area contributed by atoms with Crippen molar-refractivity contribution in [2.24, 2.45) is 5.92 Å². The Kier molecular flexibility index (Phi) is 5.93. The van der Waals surface area contributed by atoms with E-state index in [1.54, 1.807) is 0 Å². The average Bonchev–Trinajstić information content (AvgIpc) is 3.03. The molecule has 0 radical (unpaired) electrons. The van der Waals surface area contributed by atoms with Gasteiger partial charge in [0.2, 0.25) is 0 Å². The van der Waals surface area contributed by atoms with Crippen molar-refractivity contribution in [2.75, 3.05) is 26.2 Å². The molecular formula is C15H29NO2. The minimum absolute atomic E-state index is 0.0640. The molecule has 2 aliphatic heterocycles. The van der Waals surface area contributed by atoms with Gasteiger partial charge in [0.05, 0.1) is 12.7 Å². The molecule has 0 bridgehead atoms. The van der Waals surface area contributed by atoms with Crippen molar-refractivity contribution in [2.45, 2.75) is 64.8 Å². The van der Waals surface area contributed by atoms with Crippen LogP contribution in [0.1, 0.15) is 52.4 Å². The Hall–Kier alpha value is -0.120. The standard InChI is InChI=1S/C15H29NO2/c1-3-5-8-13(4-2)15-17-12-14(18-15)11-16-9-6-7-10-16/h13-15H,3-12H2,1-2H3/t13-,14+,15-/m0/s1. The smallest absolute Gasteiger partial charge is 0.161 e. The van der Waals surface area contributed by atoms with Crippen molar-refractivity contribution >= 4 is 0 Å². The summed E-state index contributed by atoms with van der Waals surface area (Å²) in [7, 11) is 0. The number of ether oxygens (including phenoxy) is 2. The predicted octanol–water partition coefficient (Wildman–Crippen LogP) is 3.04. The highest BCUT2D eigenvalue weighted by molar-refractivity contribution is 4.76. The minimum Gasteiger partial charge on any atom is -0.350 e. The summed E-state index contributed by atoms with van der Waals surface area (Å²) in [5, 5.41) is 0. The van der Waals surface area contributed by atoms with Gasteiger partial charge >= 0.3 is 0 Å². The van der Waals surface area contributed by atoms with Gasteiger partial charge in [-0.1, -0.05) is 26.7 Å². The van der Waals surface area contributed by atoms with Gasteiger partial charge in [0.25, 0.3) is 0 Å². The highest BCUT2D eigenvalue weighted by atomic mass is 16.7. The summed E-state index contributed by atoms with van der Waals surface area (Å²) < 4.78 is 12.0. The van der Waals surface area contributed by atoms with E-state index in [1.807, 2.05) is 0 Å². The Balaban J connectivity index is 1.72. The van der Waals surface area contributed by atoms with Crippen LogP contribution in [0.2, 0.25) is 0 Å². The lowest BCUT2D eigenvalue weighted by Crippen LogP contribution is -2.32. The topological polar surface area (TPSA) is 21.7 Å². The third kappa shape index (κ3) is 3.94. The van der Waals surface area contributed by atoms with E-state index >= 15 is 0 Å². The summed E-state index contributed by atoms with van der Waals surface area (Å²) >= 11 is 0. The van der Waals surface area contributed by atoms with E-state index in [1.165, 1.54) is 51.6 Å². The molecule has 2 fully saturated rings.